The Labute approximate surface area is 155 Å². The van der Waals surface area contributed by atoms with Crippen LogP contribution in [0.1, 0.15) is 6.92 Å². The van der Waals surface area contributed by atoms with Gasteiger partial charge in [-0.3, -0.25) is 4.79 Å². The van der Waals surface area contributed by atoms with Crippen molar-refractivity contribution in [2.24, 2.45) is 0 Å². The number of nitrogens with one attached hydrogen (secondary N) is 1. The molecule has 0 aliphatic carbocycles. The number of halogens is 1. The molecule has 0 aromatic heterocycles. The van der Waals surface area contributed by atoms with E-state index in [1.807, 2.05) is 66.7 Å². The molecule has 0 saturated carbocycles. The molecule has 25 heavy (non-hydrogen) atoms. The normalized spacial score (nSPS) is 11.6. The Morgan fingerprint density at radius 1 is 0.920 bits per heavy atom. The van der Waals surface area contributed by atoms with Crippen molar-refractivity contribution in [2.75, 3.05) is 5.32 Å². The van der Waals surface area contributed by atoms with Crippen LogP contribution in [0.15, 0.2) is 83.3 Å². The van der Waals surface area contributed by atoms with Crippen LogP contribution >= 0.6 is 15.9 Å². The van der Waals surface area contributed by atoms with Gasteiger partial charge < -0.3 is 10.1 Å². The van der Waals surface area contributed by atoms with Gasteiger partial charge in [0.2, 0.25) is 0 Å². The predicted octanol–water partition coefficient (Wildman–Crippen LogP) is 5.52. The average molecular weight is 396 g/mol. The summed E-state index contributed by atoms with van der Waals surface area (Å²) >= 11 is 3.39. The lowest BCUT2D eigenvalue weighted by atomic mass is 10.1. The molecule has 1 amide bonds. The Morgan fingerprint density at radius 3 is 2.28 bits per heavy atom. The molecule has 0 radical (unpaired) electrons. The molecule has 0 fully saturated rings. The van der Waals surface area contributed by atoms with Gasteiger partial charge in [-0.05, 0) is 48.4 Å². The van der Waals surface area contributed by atoms with Crippen LogP contribution in [0.25, 0.3) is 11.1 Å². The highest BCUT2D eigenvalue weighted by Gasteiger charge is 2.15. The molecular weight excluding hydrogens is 378 g/mol. The van der Waals surface area contributed by atoms with Crippen molar-refractivity contribution < 1.29 is 9.53 Å². The molecule has 126 valence electrons. The Bertz CT molecular complexity index is 847. The number of hydrogen-bond acceptors (Lipinski definition) is 2. The van der Waals surface area contributed by atoms with E-state index in [0.29, 0.717) is 5.75 Å². The van der Waals surface area contributed by atoms with Crippen LogP contribution in [0.5, 0.6) is 5.75 Å². The smallest absolute Gasteiger partial charge is 0.265 e. The largest absolute Gasteiger partial charge is 0.481 e. The van der Waals surface area contributed by atoms with Crippen molar-refractivity contribution in [1.29, 1.82) is 0 Å². The van der Waals surface area contributed by atoms with Crippen molar-refractivity contribution in [2.45, 2.75) is 13.0 Å². The Morgan fingerprint density at radius 2 is 1.60 bits per heavy atom. The van der Waals surface area contributed by atoms with Gasteiger partial charge >= 0.3 is 0 Å². The molecule has 4 heteroatoms. The van der Waals surface area contributed by atoms with Crippen molar-refractivity contribution in [3.8, 4) is 16.9 Å². The predicted molar refractivity (Wildman–Crippen MR) is 105 cm³/mol. The highest BCUT2D eigenvalue weighted by Crippen LogP contribution is 2.23. The molecular formula is C21H18BrNO2. The maximum absolute atomic E-state index is 12.3. The number of amides is 1. The second-order valence-corrected chi connectivity index (χ2v) is 6.57. The van der Waals surface area contributed by atoms with Crippen LogP contribution < -0.4 is 10.1 Å². The van der Waals surface area contributed by atoms with Gasteiger partial charge in [-0.15, -0.1) is 0 Å². The molecule has 0 spiro atoms. The molecule has 3 rings (SSSR count). The monoisotopic (exact) mass is 395 g/mol. The summed E-state index contributed by atoms with van der Waals surface area (Å²) in [4.78, 5) is 12.3. The van der Waals surface area contributed by atoms with Crippen LogP contribution in [0.2, 0.25) is 0 Å². The molecule has 0 unspecified atom stereocenters. The quantitative estimate of drug-likeness (QED) is 0.617. The fourth-order valence-corrected chi connectivity index (χ4v) is 2.82. The zero-order valence-corrected chi connectivity index (χ0v) is 15.4. The molecule has 1 N–H and O–H groups in total. The van der Waals surface area contributed by atoms with Crippen LogP contribution in [-0.2, 0) is 4.79 Å². The van der Waals surface area contributed by atoms with E-state index in [0.717, 1.165) is 21.3 Å². The van der Waals surface area contributed by atoms with Gasteiger partial charge in [0, 0.05) is 10.2 Å². The minimum atomic E-state index is -0.596. The molecule has 0 saturated heterocycles. The van der Waals surface area contributed by atoms with E-state index >= 15 is 0 Å². The zero-order valence-electron chi connectivity index (χ0n) is 13.8. The van der Waals surface area contributed by atoms with E-state index in [-0.39, 0.29) is 5.91 Å². The van der Waals surface area contributed by atoms with Gasteiger partial charge in [0.05, 0.1) is 0 Å². The fraction of sp³-hybridized carbons (Fsp3) is 0.0952. The van der Waals surface area contributed by atoms with Crippen LogP contribution in [0.4, 0.5) is 5.69 Å². The molecule has 0 bridgehead atoms. The number of carbonyl (C=O) groups excluding carboxylic acids is 1. The van der Waals surface area contributed by atoms with Gasteiger partial charge in [-0.1, -0.05) is 64.5 Å². The summed E-state index contributed by atoms with van der Waals surface area (Å²) < 4.78 is 6.66. The topological polar surface area (TPSA) is 38.3 Å². The van der Waals surface area contributed by atoms with E-state index in [9.17, 15) is 4.79 Å². The third kappa shape index (κ3) is 4.70. The summed E-state index contributed by atoms with van der Waals surface area (Å²) in [5.74, 6) is 0.474. The highest BCUT2D eigenvalue weighted by molar-refractivity contribution is 9.10. The third-order valence-electron chi connectivity index (χ3n) is 3.74. The van der Waals surface area contributed by atoms with Gasteiger partial charge in [0.15, 0.2) is 6.10 Å². The molecule has 0 aliphatic rings. The zero-order chi connectivity index (χ0) is 17.6. The first-order chi connectivity index (χ1) is 12.1. The lowest BCUT2D eigenvalue weighted by Gasteiger charge is -2.15. The van der Waals surface area contributed by atoms with Crippen LogP contribution in [-0.4, -0.2) is 12.0 Å². The number of ether oxygens (including phenoxy) is 1. The molecule has 1 atom stereocenters. The minimum absolute atomic E-state index is 0.190. The second kappa shape index (κ2) is 7.99. The average Bonchev–Trinajstić information content (AvgIpc) is 2.63. The van der Waals surface area contributed by atoms with Gasteiger partial charge in [0.25, 0.3) is 5.91 Å². The van der Waals surface area contributed by atoms with Crippen molar-refractivity contribution >= 4 is 27.5 Å². The highest BCUT2D eigenvalue weighted by atomic mass is 79.9. The standard InChI is InChI=1S/C21H18BrNO2/c1-15(21(24)23-19-9-5-8-18(22)14-19)25-20-12-10-17(11-13-20)16-6-3-2-4-7-16/h2-15H,1H3,(H,23,24)/t15-/m0/s1. The van der Waals surface area contributed by atoms with E-state index < -0.39 is 6.10 Å². The number of rotatable bonds is 5. The fourth-order valence-electron chi connectivity index (χ4n) is 2.42. The summed E-state index contributed by atoms with van der Waals surface area (Å²) in [5, 5.41) is 2.85. The lowest BCUT2D eigenvalue weighted by Crippen LogP contribution is -2.30. The van der Waals surface area contributed by atoms with Crippen molar-refractivity contribution in [1.82, 2.24) is 0 Å². The number of anilines is 1. The van der Waals surface area contributed by atoms with E-state index in [1.54, 1.807) is 6.92 Å². The van der Waals surface area contributed by atoms with Crippen LogP contribution in [0.3, 0.4) is 0 Å². The summed E-state index contributed by atoms with van der Waals surface area (Å²) in [6.07, 6.45) is -0.596. The van der Waals surface area contributed by atoms with Gasteiger partial charge in [-0.2, -0.15) is 0 Å². The summed E-state index contributed by atoms with van der Waals surface area (Å²) in [6, 6.07) is 25.3. The first-order valence-electron chi connectivity index (χ1n) is 8.00. The Hall–Kier alpha value is -2.59. The third-order valence-corrected chi connectivity index (χ3v) is 4.23. The SMILES string of the molecule is C[C@H](Oc1ccc(-c2ccccc2)cc1)C(=O)Nc1cccc(Br)c1. The molecule has 0 heterocycles. The number of carbonyl (C=O) groups is 1. The summed E-state index contributed by atoms with van der Waals surface area (Å²) in [5.41, 5.74) is 2.99. The van der Waals surface area contributed by atoms with Crippen molar-refractivity contribution in [3.05, 3.63) is 83.3 Å². The maximum Gasteiger partial charge on any atom is 0.265 e. The molecule has 0 aliphatic heterocycles. The second-order valence-electron chi connectivity index (χ2n) is 5.65. The molecule has 3 nitrogen and oxygen atoms in total. The van der Waals surface area contributed by atoms with Crippen molar-refractivity contribution in [3.63, 3.8) is 0 Å². The van der Waals surface area contributed by atoms with E-state index in [2.05, 4.69) is 33.4 Å². The van der Waals surface area contributed by atoms with E-state index in [4.69, 9.17) is 4.74 Å². The first-order valence-corrected chi connectivity index (χ1v) is 8.80. The van der Waals surface area contributed by atoms with Gasteiger partial charge in [0.1, 0.15) is 5.75 Å². The number of benzene rings is 3. The molecule has 3 aromatic carbocycles. The first kappa shape index (κ1) is 17.2. The summed E-state index contributed by atoms with van der Waals surface area (Å²) in [7, 11) is 0. The number of hydrogen-bond donors (Lipinski definition) is 1. The Kier molecular flexibility index (Phi) is 5.51. The summed E-state index contributed by atoms with van der Waals surface area (Å²) in [6.45, 7) is 1.73. The molecule has 3 aromatic rings. The lowest BCUT2D eigenvalue weighted by molar-refractivity contribution is -0.122. The van der Waals surface area contributed by atoms with E-state index in [1.165, 1.54) is 0 Å². The van der Waals surface area contributed by atoms with Crippen LogP contribution in [0, 0.1) is 0 Å². The minimum Gasteiger partial charge on any atom is -0.481 e. The maximum atomic E-state index is 12.3. The van der Waals surface area contributed by atoms with Gasteiger partial charge in [-0.25, -0.2) is 0 Å². The Balaban J connectivity index is 1.62.